The number of likely N-dealkylation sites (tertiary alicyclic amines) is 1. The Morgan fingerprint density at radius 3 is 2.94 bits per heavy atom. The highest BCUT2D eigenvalue weighted by Gasteiger charge is 2.25. The van der Waals surface area contributed by atoms with Gasteiger partial charge >= 0.3 is 6.03 Å². The Morgan fingerprint density at radius 2 is 2.22 bits per heavy atom. The van der Waals surface area contributed by atoms with Crippen molar-refractivity contribution in [3.8, 4) is 0 Å². The van der Waals surface area contributed by atoms with E-state index in [1.807, 2.05) is 11.0 Å². The normalized spacial score (nSPS) is 18.7. The predicted molar refractivity (Wildman–Crippen MR) is 73.4 cm³/mol. The van der Waals surface area contributed by atoms with Gasteiger partial charge in [-0.05, 0) is 24.3 Å². The van der Waals surface area contributed by atoms with Crippen LogP contribution in [0.25, 0.3) is 0 Å². The summed E-state index contributed by atoms with van der Waals surface area (Å²) in [6.07, 6.45) is 3.86. The van der Waals surface area contributed by atoms with E-state index in [0.717, 1.165) is 25.9 Å². The van der Waals surface area contributed by atoms with Crippen molar-refractivity contribution in [1.82, 2.24) is 10.2 Å². The van der Waals surface area contributed by atoms with Crippen LogP contribution in [0, 0.1) is 5.92 Å². The van der Waals surface area contributed by atoms with E-state index >= 15 is 0 Å². The molecule has 18 heavy (non-hydrogen) atoms. The third-order valence-corrected chi connectivity index (χ3v) is 3.34. The zero-order valence-corrected chi connectivity index (χ0v) is 10.6. The first-order valence-corrected chi connectivity index (χ1v) is 6.47. The largest absolute Gasteiger partial charge is 0.335 e. The second kappa shape index (κ2) is 6.24. The summed E-state index contributed by atoms with van der Waals surface area (Å²) in [7, 11) is 0. The minimum Gasteiger partial charge on any atom is -0.335 e. The minimum absolute atomic E-state index is 0.0328. The first-order chi connectivity index (χ1) is 8.79. The quantitative estimate of drug-likeness (QED) is 0.811. The molecule has 1 atom stereocenters. The lowest BCUT2D eigenvalue weighted by Gasteiger charge is -2.16. The zero-order chi connectivity index (χ0) is 12.8. The Morgan fingerprint density at radius 1 is 1.44 bits per heavy atom. The van der Waals surface area contributed by atoms with E-state index in [0.29, 0.717) is 12.5 Å². The first kappa shape index (κ1) is 12.7. The highest BCUT2D eigenvalue weighted by Crippen LogP contribution is 2.20. The molecule has 0 spiro atoms. The molecule has 3 nitrogen and oxygen atoms in total. The van der Waals surface area contributed by atoms with Gasteiger partial charge in [-0.2, -0.15) is 0 Å². The van der Waals surface area contributed by atoms with Crippen LogP contribution >= 0.6 is 0 Å². The van der Waals surface area contributed by atoms with Crippen LogP contribution in [-0.4, -0.2) is 30.6 Å². The van der Waals surface area contributed by atoms with Crippen LogP contribution in [0.3, 0.4) is 0 Å². The van der Waals surface area contributed by atoms with E-state index < -0.39 is 0 Å². The van der Waals surface area contributed by atoms with Crippen molar-refractivity contribution in [2.45, 2.75) is 12.8 Å². The van der Waals surface area contributed by atoms with Gasteiger partial charge in [0.1, 0.15) is 0 Å². The number of nitrogens with one attached hydrogen (secondary N) is 1. The molecule has 1 aromatic rings. The van der Waals surface area contributed by atoms with Crippen molar-refractivity contribution in [2.75, 3.05) is 19.6 Å². The minimum atomic E-state index is 0.0328. The molecule has 0 radical (unpaired) electrons. The molecule has 1 fully saturated rings. The maximum absolute atomic E-state index is 11.8. The molecular weight excluding hydrogens is 224 g/mol. The summed E-state index contributed by atoms with van der Waals surface area (Å²) >= 11 is 0. The van der Waals surface area contributed by atoms with Gasteiger partial charge in [-0.3, -0.25) is 0 Å². The van der Waals surface area contributed by atoms with Crippen LogP contribution < -0.4 is 5.32 Å². The number of amides is 2. The van der Waals surface area contributed by atoms with E-state index in [4.69, 9.17) is 0 Å². The molecule has 0 saturated carbocycles. The van der Waals surface area contributed by atoms with E-state index in [9.17, 15) is 4.79 Å². The van der Waals surface area contributed by atoms with Crippen LogP contribution in [0.2, 0.25) is 0 Å². The molecule has 2 amide bonds. The molecular formula is C15H20N2O. The molecule has 1 N–H and O–H groups in total. The molecule has 96 valence electrons. The number of nitrogens with zero attached hydrogens (tertiary/aromatic N) is 1. The number of urea groups is 1. The van der Waals surface area contributed by atoms with E-state index in [1.54, 1.807) is 6.08 Å². The van der Waals surface area contributed by atoms with Crippen molar-refractivity contribution in [1.29, 1.82) is 0 Å². The summed E-state index contributed by atoms with van der Waals surface area (Å²) in [6, 6.07) is 10.5. The standard InChI is InChI=1S/C15H20N2O/c1-2-9-16-15(18)17-10-8-14(12-17)11-13-6-4-3-5-7-13/h2-7,14H,1,8-12H2,(H,16,18). The van der Waals surface area contributed by atoms with Gasteiger partial charge < -0.3 is 10.2 Å². The van der Waals surface area contributed by atoms with Crippen LogP contribution in [0.1, 0.15) is 12.0 Å². The maximum atomic E-state index is 11.8. The summed E-state index contributed by atoms with van der Waals surface area (Å²) in [6.45, 7) is 5.86. The summed E-state index contributed by atoms with van der Waals surface area (Å²) in [5.41, 5.74) is 1.36. The Kier molecular flexibility index (Phi) is 4.40. The van der Waals surface area contributed by atoms with Gasteiger partial charge in [0, 0.05) is 19.6 Å². The first-order valence-electron chi connectivity index (χ1n) is 6.47. The Bertz CT molecular complexity index is 402. The molecule has 0 aromatic heterocycles. The zero-order valence-electron chi connectivity index (χ0n) is 10.6. The highest BCUT2D eigenvalue weighted by atomic mass is 16.2. The number of carbonyl (C=O) groups is 1. The summed E-state index contributed by atoms with van der Waals surface area (Å²) in [4.78, 5) is 13.7. The van der Waals surface area contributed by atoms with E-state index in [1.165, 1.54) is 5.56 Å². The van der Waals surface area contributed by atoms with Gasteiger partial charge in [0.05, 0.1) is 0 Å². The topological polar surface area (TPSA) is 32.3 Å². The maximum Gasteiger partial charge on any atom is 0.317 e. The summed E-state index contributed by atoms with van der Waals surface area (Å²) in [5, 5.41) is 2.83. The molecule has 1 saturated heterocycles. The molecule has 1 aromatic carbocycles. The molecule has 3 heteroatoms. The fourth-order valence-corrected chi connectivity index (χ4v) is 2.40. The third-order valence-electron chi connectivity index (χ3n) is 3.34. The fourth-order valence-electron chi connectivity index (χ4n) is 2.40. The Balaban J connectivity index is 1.81. The monoisotopic (exact) mass is 244 g/mol. The SMILES string of the molecule is C=CCNC(=O)N1CCC(Cc2ccccc2)C1. The lowest BCUT2D eigenvalue weighted by atomic mass is 9.99. The van der Waals surface area contributed by atoms with Crippen LogP contribution in [0.4, 0.5) is 4.79 Å². The van der Waals surface area contributed by atoms with Crippen LogP contribution in [0.5, 0.6) is 0 Å². The number of hydrogen-bond acceptors (Lipinski definition) is 1. The summed E-state index contributed by atoms with van der Waals surface area (Å²) in [5.74, 6) is 0.585. The van der Waals surface area contributed by atoms with Crippen molar-refractivity contribution < 1.29 is 4.79 Å². The molecule has 1 heterocycles. The van der Waals surface area contributed by atoms with Gasteiger partial charge in [-0.25, -0.2) is 4.79 Å². The highest BCUT2D eigenvalue weighted by molar-refractivity contribution is 5.74. The van der Waals surface area contributed by atoms with Crippen LogP contribution in [-0.2, 0) is 6.42 Å². The average molecular weight is 244 g/mol. The van der Waals surface area contributed by atoms with Crippen molar-refractivity contribution in [2.24, 2.45) is 5.92 Å². The van der Waals surface area contributed by atoms with Crippen molar-refractivity contribution in [3.63, 3.8) is 0 Å². The number of rotatable bonds is 4. The predicted octanol–water partition coefficient (Wildman–Crippen LogP) is 2.45. The van der Waals surface area contributed by atoms with Crippen LogP contribution in [0.15, 0.2) is 43.0 Å². The third kappa shape index (κ3) is 3.36. The van der Waals surface area contributed by atoms with Gasteiger partial charge in [0.25, 0.3) is 0 Å². The smallest absolute Gasteiger partial charge is 0.317 e. The van der Waals surface area contributed by atoms with Gasteiger partial charge in [0.15, 0.2) is 0 Å². The molecule has 0 aliphatic carbocycles. The van der Waals surface area contributed by atoms with Gasteiger partial charge in [0.2, 0.25) is 0 Å². The molecule has 1 aliphatic rings. The Hall–Kier alpha value is -1.77. The molecule has 0 bridgehead atoms. The number of hydrogen-bond donors (Lipinski definition) is 1. The van der Waals surface area contributed by atoms with Gasteiger partial charge in [-0.15, -0.1) is 6.58 Å². The molecule has 2 rings (SSSR count). The van der Waals surface area contributed by atoms with Crippen molar-refractivity contribution >= 4 is 6.03 Å². The van der Waals surface area contributed by atoms with E-state index in [-0.39, 0.29) is 6.03 Å². The lowest BCUT2D eigenvalue weighted by molar-refractivity contribution is 0.208. The van der Waals surface area contributed by atoms with Gasteiger partial charge in [-0.1, -0.05) is 36.4 Å². The molecule has 1 aliphatic heterocycles. The average Bonchev–Trinajstić information content (AvgIpc) is 2.86. The molecule has 1 unspecified atom stereocenters. The second-order valence-corrected chi connectivity index (χ2v) is 4.77. The summed E-state index contributed by atoms with van der Waals surface area (Å²) < 4.78 is 0. The fraction of sp³-hybridized carbons (Fsp3) is 0.400. The Labute approximate surface area is 108 Å². The van der Waals surface area contributed by atoms with Crippen molar-refractivity contribution in [3.05, 3.63) is 48.6 Å². The number of benzene rings is 1. The van der Waals surface area contributed by atoms with E-state index in [2.05, 4.69) is 36.2 Å². The number of carbonyl (C=O) groups excluding carboxylic acids is 1. The lowest BCUT2D eigenvalue weighted by Crippen LogP contribution is -2.38. The second-order valence-electron chi connectivity index (χ2n) is 4.77.